The van der Waals surface area contributed by atoms with Crippen LogP contribution in [0.2, 0.25) is 0 Å². The van der Waals surface area contributed by atoms with E-state index in [1.165, 1.54) is 18.2 Å². The number of hydrogen-bond acceptors (Lipinski definition) is 2. The van der Waals surface area contributed by atoms with E-state index < -0.39 is 11.6 Å². The number of rotatable bonds is 2. The topological polar surface area (TPSA) is 15.3 Å². The molecule has 1 aromatic rings. The molecule has 0 radical (unpaired) electrons. The largest absolute Gasteiger partial charge is 0.314 e. The summed E-state index contributed by atoms with van der Waals surface area (Å²) in [7, 11) is 0. The predicted octanol–water partition coefficient (Wildman–Crippen LogP) is 2.15. The lowest BCUT2D eigenvalue weighted by Gasteiger charge is -2.39. The zero-order valence-corrected chi connectivity index (χ0v) is 10.2. The number of halogens is 2. The Morgan fingerprint density at radius 1 is 1.18 bits per heavy atom. The molecule has 1 aliphatic heterocycles. The lowest BCUT2D eigenvalue weighted by atomic mass is 10.1. The zero-order chi connectivity index (χ0) is 12.4. The number of benzene rings is 1. The Morgan fingerprint density at radius 2 is 1.71 bits per heavy atom. The van der Waals surface area contributed by atoms with Crippen LogP contribution in [0.25, 0.3) is 0 Å². The highest BCUT2D eigenvalue weighted by molar-refractivity contribution is 5.19. The molecule has 0 aromatic heterocycles. The van der Waals surface area contributed by atoms with Gasteiger partial charge >= 0.3 is 0 Å². The van der Waals surface area contributed by atoms with E-state index in [1.54, 1.807) is 0 Å². The molecule has 4 heteroatoms. The van der Waals surface area contributed by atoms with Crippen LogP contribution in [-0.4, -0.2) is 30.1 Å². The second-order valence-corrected chi connectivity index (χ2v) is 4.73. The molecule has 2 unspecified atom stereocenters. The maximum atomic E-state index is 13.6. The van der Waals surface area contributed by atoms with Crippen molar-refractivity contribution >= 4 is 0 Å². The number of hydrogen-bond donors (Lipinski definition) is 1. The summed E-state index contributed by atoms with van der Waals surface area (Å²) in [6.07, 6.45) is 0. The standard InChI is InChI=1S/C13H18F2N2/c1-9-6-16-7-10(2)17(9)8-11-12(14)4-3-5-13(11)15/h3-5,9-10,16H,6-8H2,1-2H3. The van der Waals surface area contributed by atoms with Crippen LogP contribution < -0.4 is 5.32 Å². The molecule has 1 saturated heterocycles. The van der Waals surface area contributed by atoms with Gasteiger partial charge in [0.2, 0.25) is 0 Å². The molecule has 17 heavy (non-hydrogen) atoms. The van der Waals surface area contributed by atoms with Crippen molar-refractivity contribution in [1.82, 2.24) is 10.2 Å². The highest BCUT2D eigenvalue weighted by Gasteiger charge is 2.26. The molecule has 0 bridgehead atoms. The first kappa shape index (κ1) is 12.5. The molecule has 2 nitrogen and oxygen atoms in total. The van der Waals surface area contributed by atoms with Gasteiger partial charge in [-0.15, -0.1) is 0 Å². The fraction of sp³-hybridized carbons (Fsp3) is 0.538. The van der Waals surface area contributed by atoms with Crippen molar-refractivity contribution in [2.24, 2.45) is 0 Å². The quantitative estimate of drug-likeness (QED) is 0.852. The SMILES string of the molecule is CC1CNCC(C)N1Cc1c(F)cccc1F. The molecule has 0 spiro atoms. The third kappa shape index (κ3) is 2.64. The molecule has 1 aromatic carbocycles. The van der Waals surface area contributed by atoms with E-state index in [9.17, 15) is 8.78 Å². The molecule has 1 N–H and O–H groups in total. The van der Waals surface area contributed by atoms with Crippen molar-refractivity contribution in [3.63, 3.8) is 0 Å². The van der Waals surface area contributed by atoms with Gasteiger partial charge in [0, 0.05) is 37.3 Å². The lowest BCUT2D eigenvalue weighted by molar-refractivity contribution is 0.106. The Balaban J connectivity index is 2.19. The van der Waals surface area contributed by atoms with Crippen LogP contribution in [0, 0.1) is 11.6 Å². The highest BCUT2D eigenvalue weighted by atomic mass is 19.1. The molecule has 1 aliphatic rings. The third-order valence-corrected chi connectivity index (χ3v) is 3.41. The summed E-state index contributed by atoms with van der Waals surface area (Å²) in [6.45, 7) is 6.20. The lowest BCUT2D eigenvalue weighted by Crippen LogP contribution is -2.54. The van der Waals surface area contributed by atoms with E-state index in [2.05, 4.69) is 24.1 Å². The van der Waals surface area contributed by atoms with Crippen LogP contribution in [0.5, 0.6) is 0 Å². The maximum Gasteiger partial charge on any atom is 0.130 e. The van der Waals surface area contributed by atoms with E-state index in [-0.39, 0.29) is 17.6 Å². The molecule has 0 saturated carbocycles. The summed E-state index contributed by atoms with van der Waals surface area (Å²) in [4.78, 5) is 2.14. The molecule has 94 valence electrons. The fourth-order valence-corrected chi connectivity index (χ4v) is 2.35. The van der Waals surface area contributed by atoms with Crippen molar-refractivity contribution in [3.8, 4) is 0 Å². The average molecular weight is 240 g/mol. The van der Waals surface area contributed by atoms with Gasteiger partial charge in [-0.3, -0.25) is 4.90 Å². The summed E-state index contributed by atoms with van der Waals surface area (Å²) < 4.78 is 27.2. The van der Waals surface area contributed by atoms with Gasteiger partial charge < -0.3 is 5.32 Å². The first-order chi connectivity index (χ1) is 8.09. The van der Waals surface area contributed by atoms with Crippen LogP contribution >= 0.6 is 0 Å². The average Bonchev–Trinajstić information content (AvgIpc) is 2.27. The van der Waals surface area contributed by atoms with Gasteiger partial charge in [-0.1, -0.05) is 6.07 Å². The molecule has 0 amide bonds. The maximum absolute atomic E-state index is 13.6. The second kappa shape index (κ2) is 5.10. The number of piperazine rings is 1. The summed E-state index contributed by atoms with van der Waals surface area (Å²) in [5.41, 5.74) is 0.174. The first-order valence-corrected chi connectivity index (χ1v) is 5.99. The van der Waals surface area contributed by atoms with Gasteiger partial charge in [0.25, 0.3) is 0 Å². The monoisotopic (exact) mass is 240 g/mol. The minimum Gasteiger partial charge on any atom is -0.314 e. The zero-order valence-electron chi connectivity index (χ0n) is 10.2. The van der Waals surface area contributed by atoms with Crippen molar-refractivity contribution in [3.05, 3.63) is 35.4 Å². The van der Waals surface area contributed by atoms with Crippen molar-refractivity contribution in [2.45, 2.75) is 32.5 Å². The molecule has 2 rings (SSSR count). The summed E-state index contributed by atoms with van der Waals surface area (Å²) in [6, 6.07) is 4.61. The normalized spacial score (nSPS) is 26.1. The molecular weight excluding hydrogens is 222 g/mol. The van der Waals surface area contributed by atoms with Crippen LogP contribution in [0.3, 0.4) is 0 Å². The Hall–Kier alpha value is -1.00. The Bertz CT molecular complexity index is 365. The smallest absolute Gasteiger partial charge is 0.130 e. The van der Waals surface area contributed by atoms with Gasteiger partial charge in [0.15, 0.2) is 0 Å². The molecule has 1 heterocycles. The van der Waals surface area contributed by atoms with Gasteiger partial charge in [-0.25, -0.2) is 8.78 Å². The van der Waals surface area contributed by atoms with Crippen molar-refractivity contribution in [1.29, 1.82) is 0 Å². The number of nitrogens with zero attached hydrogens (tertiary/aromatic N) is 1. The minimum atomic E-state index is -0.456. The highest BCUT2D eigenvalue weighted by Crippen LogP contribution is 2.19. The van der Waals surface area contributed by atoms with Crippen LogP contribution in [0.1, 0.15) is 19.4 Å². The van der Waals surface area contributed by atoms with Gasteiger partial charge in [-0.2, -0.15) is 0 Å². The van der Waals surface area contributed by atoms with Crippen molar-refractivity contribution in [2.75, 3.05) is 13.1 Å². The van der Waals surface area contributed by atoms with Crippen LogP contribution in [0.15, 0.2) is 18.2 Å². The fourth-order valence-electron chi connectivity index (χ4n) is 2.35. The Kier molecular flexibility index (Phi) is 3.74. The number of nitrogens with one attached hydrogen (secondary N) is 1. The van der Waals surface area contributed by atoms with E-state index in [0.29, 0.717) is 6.54 Å². The summed E-state index contributed by atoms with van der Waals surface area (Å²) >= 11 is 0. The van der Waals surface area contributed by atoms with Crippen LogP contribution in [0.4, 0.5) is 8.78 Å². The van der Waals surface area contributed by atoms with E-state index in [1.807, 2.05) is 0 Å². The van der Waals surface area contributed by atoms with Crippen molar-refractivity contribution < 1.29 is 8.78 Å². The van der Waals surface area contributed by atoms with E-state index in [4.69, 9.17) is 0 Å². The first-order valence-electron chi connectivity index (χ1n) is 5.99. The summed E-state index contributed by atoms with van der Waals surface area (Å²) in [5.74, 6) is -0.911. The molecule has 2 atom stereocenters. The van der Waals surface area contributed by atoms with E-state index in [0.717, 1.165) is 13.1 Å². The Labute approximate surface area is 101 Å². The van der Waals surface area contributed by atoms with Gasteiger partial charge in [0.05, 0.1) is 0 Å². The molecule has 1 fully saturated rings. The van der Waals surface area contributed by atoms with Gasteiger partial charge in [-0.05, 0) is 26.0 Å². The van der Waals surface area contributed by atoms with Gasteiger partial charge in [0.1, 0.15) is 11.6 Å². The summed E-state index contributed by atoms with van der Waals surface area (Å²) in [5, 5.41) is 3.30. The predicted molar refractivity (Wildman–Crippen MR) is 63.7 cm³/mol. The van der Waals surface area contributed by atoms with E-state index >= 15 is 0 Å². The van der Waals surface area contributed by atoms with Crippen LogP contribution in [-0.2, 0) is 6.54 Å². The molecular formula is C13H18F2N2. The Morgan fingerprint density at radius 3 is 2.24 bits per heavy atom. The molecule has 0 aliphatic carbocycles. The second-order valence-electron chi connectivity index (χ2n) is 4.73. The third-order valence-electron chi connectivity index (χ3n) is 3.41. The minimum absolute atomic E-state index is 0.174.